The molecule has 1 aromatic rings. The second-order valence-electron chi connectivity index (χ2n) is 3.07. The lowest BCUT2D eigenvalue weighted by Gasteiger charge is -1.94. The van der Waals surface area contributed by atoms with Gasteiger partial charge in [-0.25, -0.2) is 0 Å². The molecular formula is C9H16IN3. The van der Waals surface area contributed by atoms with E-state index in [-0.39, 0.29) is 0 Å². The number of rotatable bonds is 6. The summed E-state index contributed by atoms with van der Waals surface area (Å²) >= 11 is 2.42. The van der Waals surface area contributed by atoms with Crippen molar-refractivity contribution in [3.05, 3.63) is 11.9 Å². The quantitative estimate of drug-likeness (QED) is 0.458. The molecule has 3 nitrogen and oxygen atoms in total. The molecule has 0 amide bonds. The zero-order chi connectivity index (χ0) is 9.52. The van der Waals surface area contributed by atoms with Gasteiger partial charge < -0.3 is 0 Å². The maximum absolute atomic E-state index is 4.10. The van der Waals surface area contributed by atoms with E-state index in [1.807, 2.05) is 10.9 Å². The Kier molecular flexibility index (Phi) is 5.34. The van der Waals surface area contributed by atoms with Gasteiger partial charge in [0, 0.05) is 12.7 Å². The van der Waals surface area contributed by atoms with Crippen LogP contribution in [0.3, 0.4) is 0 Å². The van der Waals surface area contributed by atoms with Crippen LogP contribution in [-0.4, -0.2) is 19.4 Å². The molecule has 13 heavy (non-hydrogen) atoms. The first-order valence-corrected chi connectivity index (χ1v) is 6.34. The molecule has 0 saturated heterocycles. The van der Waals surface area contributed by atoms with Crippen molar-refractivity contribution in [2.45, 2.75) is 39.2 Å². The number of nitrogens with zero attached hydrogens (tertiary/aromatic N) is 3. The van der Waals surface area contributed by atoms with Gasteiger partial charge in [0.2, 0.25) is 0 Å². The molecule has 0 fully saturated rings. The minimum absolute atomic E-state index is 0.917. The Morgan fingerprint density at radius 2 is 2.23 bits per heavy atom. The number of hydrogen-bond donors (Lipinski definition) is 0. The molecule has 0 spiro atoms. The first-order chi connectivity index (χ1) is 6.36. The van der Waals surface area contributed by atoms with Gasteiger partial charge in [0.15, 0.2) is 0 Å². The third-order valence-electron chi connectivity index (χ3n) is 1.98. The topological polar surface area (TPSA) is 30.7 Å². The number of aromatic nitrogens is 3. The third kappa shape index (κ3) is 4.06. The highest BCUT2D eigenvalue weighted by Crippen LogP contribution is 2.04. The minimum Gasteiger partial charge on any atom is -0.253 e. The lowest BCUT2D eigenvalue weighted by Crippen LogP contribution is -1.93. The molecule has 0 radical (unpaired) electrons. The summed E-state index contributed by atoms with van der Waals surface area (Å²) in [6.45, 7) is 3.00. The molecule has 4 heteroatoms. The molecule has 0 aromatic carbocycles. The van der Waals surface area contributed by atoms with E-state index in [4.69, 9.17) is 0 Å². The molecule has 0 aliphatic carbocycles. The van der Waals surface area contributed by atoms with Gasteiger partial charge in [-0.3, -0.25) is 4.68 Å². The van der Waals surface area contributed by atoms with Crippen LogP contribution in [0, 0.1) is 0 Å². The van der Waals surface area contributed by atoms with E-state index in [0.717, 1.165) is 18.7 Å². The summed E-state index contributed by atoms with van der Waals surface area (Å²) in [5, 5.41) is 8.09. The number of alkyl halides is 1. The SMILES string of the molecule is CCn1cc(CCCCCI)nn1. The molecule has 0 N–H and O–H groups in total. The molecular weight excluding hydrogens is 277 g/mol. The van der Waals surface area contributed by atoms with Crippen LogP contribution in [0.25, 0.3) is 0 Å². The highest BCUT2D eigenvalue weighted by Gasteiger charge is 1.98. The highest BCUT2D eigenvalue weighted by atomic mass is 127. The largest absolute Gasteiger partial charge is 0.253 e. The molecule has 1 heterocycles. The van der Waals surface area contributed by atoms with Crippen LogP contribution in [0.15, 0.2) is 6.20 Å². The van der Waals surface area contributed by atoms with Gasteiger partial charge in [-0.2, -0.15) is 0 Å². The Morgan fingerprint density at radius 1 is 1.38 bits per heavy atom. The molecule has 0 aliphatic heterocycles. The van der Waals surface area contributed by atoms with Gasteiger partial charge in [-0.05, 0) is 30.6 Å². The number of hydrogen-bond acceptors (Lipinski definition) is 2. The first kappa shape index (κ1) is 10.9. The van der Waals surface area contributed by atoms with Crippen LogP contribution in [0.4, 0.5) is 0 Å². The van der Waals surface area contributed by atoms with Crippen molar-refractivity contribution < 1.29 is 0 Å². The zero-order valence-electron chi connectivity index (χ0n) is 8.04. The van der Waals surface area contributed by atoms with E-state index < -0.39 is 0 Å². The van der Waals surface area contributed by atoms with E-state index in [1.165, 1.54) is 23.7 Å². The Balaban J connectivity index is 2.20. The van der Waals surface area contributed by atoms with Crippen LogP contribution in [0.1, 0.15) is 31.9 Å². The molecule has 0 atom stereocenters. The van der Waals surface area contributed by atoms with E-state index in [1.54, 1.807) is 0 Å². The monoisotopic (exact) mass is 293 g/mol. The summed E-state index contributed by atoms with van der Waals surface area (Å²) in [6, 6.07) is 0. The average molecular weight is 293 g/mol. The van der Waals surface area contributed by atoms with Gasteiger partial charge in [0.05, 0.1) is 5.69 Å². The van der Waals surface area contributed by atoms with Crippen molar-refractivity contribution in [3.8, 4) is 0 Å². The van der Waals surface area contributed by atoms with E-state index in [2.05, 4.69) is 39.8 Å². The fourth-order valence-corrected chi connectivity index (χ4v) is 1.72. The van der Waals surface area contributed by atoms with Crippen molar-refractivity contribution >= 4 is 22.6 Å². The van der Waals surface area contributed by atoms with E-state index in [0.29, 0.717) is 0 Å². The molecule has 0 aliphatic rings. The Hall–Kier alpha value is -0.130. The molecule has 74 valence electrons. The van der Waals surface area contributed by atoms with E-state index >= 15 is 0 Å². The lowest BCUT2D eigenvalue weighted by molar-refractivity contribution is 0.626. The van der Waals surface area contributed by atoms with Crippen molar-refractivity contribution in [3.63, 3.8) is 0 Å². The predicted octanol–water partition coefficient (Wildman–Crippen LogP) is 2.45. The summed E-state index contributed by atoms with van der Waals surface area (Å²) < 4.78 is 3.15. The molecule has 0 bridgehead atoms. The summed E-state index contributed by atoms with van der Waals surface area (Å²) in [5.41, 5.74) is 1.13. The fourth-order valence-electron chi connectivity index (χ4n) is 1.19. The maximum Gasteiger partial charge on any atom is 0.0827 e. The second kappa shape index (κ2) is 6.34. The first-order valence-electron chi connectivity index (χ1n) is 4.81. The highest BCUT2D eigenvalue weighted by molar-refractivity contribution is 14.1. The summed E-state index contributed by atoms with van der Waals surface area (Å²) in [6.07, 6.45) is 7.00. The third-order valence-corrected chi connectivity index (χ3v) is 2.74. The van der Waals surface area contributed by atoms with Gasteiger partial charge >= 0.3 is 0 Å². The smallest absolute Gasteiger partial charge is 0.0827 e. The second-order valence-corrected chi connectivity index (χ2v) is 4.14. The lowest BCUT2D eigenvalue weighted by atomic mass is 10.2. The van der Waals surface area contributed by atoms with Crippen LogP contribution >= 0.6 is 22.6 Å². The van der Waals surface area contributed by atoms with Crippen molar-refractivity contribution in [1.82, 2.24) is 15.0 Å². The Bertz CT molecular complexity index is 235. The molecule has 1 rings (SSSR count). The zero-order valence-corrected chi connectivity index (χ0v) is 10.2. The van der Waals surface area contributed by atoms with Gasteiger partial charge in [-0.1, -0.05) is 34.2 Å². The average Bonchev–Trinajstić information content (AvgIpc) is 2.60. The summed E-state index contributed by atoms with van der Waals surface area (Å²) in [5.74, 6) is 0. The predicted molar refractivity (Wildman–Crippen MR) is 62.1 cm³/mol. The van der Waals surface area contributed by atoms with Crippen molar-refractivity contribution in [1.29, 1.82) is 0 Å². The fraction of sp³-hybridized carbons (Fsp3) is 0.778. The summed E-state index contributed by atoms with van der Waals surface area (Å²) in [7, 11) is 0. The van der Waals surface area contributed by atoms with Gasteiger partial charge in [0.1, 0.15) is 0 Å². The number of aryl methyl sites for hydroxylation is 2. The van der Waals surface area contributed by atoms with Gasteiger partial charge in [0.25, 0.3) is 0 Å². The Morgan fingerprint density at radius 3 is 2.85 bits per heavy atom. The number of halogens is 1. The minimum atomic E-state index is 0.917. The van der Waals surface area contributed by atoms with Crippen molar-refractivity contribution in [2.24, 2.45) is 0 Å². The molecule has 1 aromatic heterocycles. The van der Waals surface area contributed by atoms with Gasteiger partial charge in [-0.15, -0.1) is 5.10 Å². The Labute approximate surface area is 93.0 Å². The van der Waals surface area contributed by atoms with E-state index in [9.17, 15) is 0 Å². The molecule has 0 saturated carbocycles. The normalized spacial score (nSPS) is 10.6. The summed E-state index contributed by atoms with van der Waals surface area (Å²) in [4.78, 5) is 0. The number of unbranched alkanes of at least 4 members (excludes halogenated alkanes) is 2. The van der Waals surface area contributed by atoms with Crippen LogP contribution < -0.4 is 0 Å². The van der Waals surface area contributed by atoms with Crippen LogP contribution in [-0.2, 0) is 13.0 Å². The van der Waals surface area contributed by atoms with Crippen molar-refractivity contribution in [2.75, 3.05) is 4.43 Å². The maximum atomic E-state index is 4.10. The van der Waals surface area contributed by atoms with Crippen LogP contribution in [0.2, 0.25) is 0 Å². The van der Waals surface area contributed by atoms with Crippen LogP contribution in [0.5, 0.6) is 0 Å². The standard InChI is InChI=1S/C9H16IN3/c1-2-13-8-9(11-12-13)6-4-3-5-7-10/h8H,2-7H2,1H3. The molecule has 0 unspecified atom stereocenters.